The summed E-state index contributed by atoms with van der Waals surface area (Å²) in [5.74, 6) is 1.03. The van der Waals surface area contributed by atoms with Crippen molar-refractivity contribution >= 4 is 11.7 Å². The second kappa shape index (κ2) is 5.49. The molecule has 6 heteroatoms. The van der Waals surface area contributed by atoms with E-state index >= 15 is 0 Å². The molecule has 3 heterocycles. The van der Waals surface area contributed by atoms with Crippen molar-refractivity contribution in [2.45, 2.75) is 13.5 Å². The van der Waals surface area contributed by atoms with Crippen LogP contribution < -0.4 is 10.1 Å². The molecule has 0 saturated heterocycles. The molecule has 4 rings (SSSR count). The van der Waals surface area contributed by atoms with Crippen LogP contribution in [0, 0.1) is 6.92 Å². The summed E-state index contributed by atoms with van der Waals surface area (Å²) in [6.45, 7) is 2.27. The number of hydrogen-bond acceptors (Lipinski definition) is 4. The summed E-state index contributed by atoms with van der Waals surface area (Å²) in [7, 11) is 1.84. The Kier molecular flexibility index (Phi) is 3.30. The highest BCUT2D eigenvalue weighted by Gasteiger charge is 2.28. The fourth-order valence-corrected chi connectivity index (χ4v) is 2.94. The molecule has 0 atom stereocenters. The largest absolute Gasteiger partial charge is 0.488 e. The van der Waals surface area contributed by atoms with Gasteiger partial charge in [0.1, 0.15) is 18.2 Å². The smallest absolute Gasteiger partial charge is 0.277 e. The van der Waals surface area contributed by atoms with E-state index in [4.69, 9.17) is 4.74 Å². The molecule has 120 valence electrons. The lowest BCUT2D eigenvalue weighted by Gasteiger charge is -2.18. The zero-order valence-electron chi connectivity index (χ0n) is 13.4. The van der Waals surface area contributed by atoms with Gasteiger partial charge in [0.05, 0.1) is 5.69 Å². The second-order valence-electron chi connectivity index (χ2n) is 5.76. The monoisotopic (exact) mass is 320 g/mol. The Hall–Kier alpha value is -3.15. The highest BCUT2D eigenvalue weighted by atomic mass is 16.5. The molecule has 3 aromatic rings. The number of ether oxygens (including phenoxy) is 1. The summed E-state index contributed by atoms with van der Waals surface area (Å²) in [4.78, 5) is 16.8. The number of para-hydroxylation sites is 1. The first kappa shape index (κ1) is 14.4. The first-order valence-corrected chi connectivity index (χ1v) is 7.65. The third-order valence-electron chi connectivity index (χ3n) is 4.03. The van der Waals surface area contributed by atoms with Crippen LogP contribution in [0.4, 0.5) is 5.82 Å². The normalized spacial score (nSPS) is 12.1. The highest BCUT2D eigenvalue weighted by Crippen LogP contribution is 2.38. The van der Waals surface area contributed by atoms with E-state index in [1.807, 2.05) is 50.4 Å². The summed E-state index contributed by atoms with van der Waals surface area (Å²) < 4.78 is 7.51. The van der Waals surface area contributed by atoms with Gasteiger partial charge in [-0.1, -0.05) is 12.1 Å². The predicted molar refractivity (Wildman–Crippen MR) is 89.9 cm³/mol. The van der Waals surface area contributed by atoms with Gasteiger partial charge in [-0.2, -0.15) is 5.10 Å². The molecule has 0 spiro atoms. The SMILES string of the molecule is Cc1ccnc(NC(=O)c2nn(C)c3c2COc2ccccc2-3)c1. The van der Waals surface area contributed by atoms with Crippen molar-refractivity contribution < 1.29 is 9.53 Å². The molecule has 1 aliphatic rings. The minimum Gasteiger partial charge on any atom is -0.488 e. The average molecular weight is 320 g/mol. The number of aryl methyl sites for hydroxylation is 2. The molecular weight excluding hydrogens is 304 g/mol. The van der Waals surface area contributed by atoms with Crippen LogP contribution in [0.5, 0.6) is 5.75 Å². The molecule has 0 fully saturated rings. The molecule has 1 aromatic carbocycles. The molecule has 2 aromatic heterocycles. The number of nitrogens with zero attached hydrogens (tertiary/aromatic N) is 3. The van der Waals surface area contributed by atoms with Crippen LogP contribution in [-0.2, 0) is 13.7 Å². The van der Waals surface area contributed by atoms with Crippen LogP contribution in [0.2, 0.25) is 0 Å². The third kappa shape index (κ3) is 2.32. The van der Waals surface area contributed by atoms with Crippen LogP contribution in [0.15, 0.2) is 42.6 Å². The Labute approximate surface area is 139 Å². The van der Waals surface area contributed by atoms with Gasteiger partial charge >= 0.3 is 0 Å². The number of aromatic nitrogens is 3. The highest BCUT2D eigenvalue weighted by molar-refractivity contribution is 6.04. The number of benzene rings is 1. The van der Waals surface area contributed by atoms with Gasteiger partial charge in [0.15, 0.2) is 5.69 Å². The van der Waals surface area contributed by atoms with Crippen molar-refractivity contribution in [2.75, 3.05) is 5.32 Å². The lowest BCUT2D eigenvalue weighted by molar-refractivity contribution is 0.101. The zero-order chi connectivity index (χ0) is 16.7. The van der Waals surface area contributed by atoms with Crippen molar-refractivity contribution in [3.05, 3.63) is 59.4 Å². The standard InChI is InChI=1S/C18H16N4O2/c1-11-7-8-19-15(9-11)20-18(23)16-13-10-24-14-6-4-3-5-12(14)17(13)22(2)21-16/h3-9H,10H2,1-2H3,(H,19,20,23). The first-order chi connectivity index (χ1) is 11.6. The summed E-state index contributed by atoms with van der Waals surface area (Å²) in [5.41, 5.74) is 4.05. The van der Waals surface area contributed by atoms with Crippen molar-refractivity contribution in [1.82, 2.24) is 14.8 Å². The molecule has 0 bridgehead atoms. The van der Waals surface area contributed by atoms with Gasteiger partial charge in [0.25, 0.3) is 5.91 Å². The van der Waals surface area contributed by atoms with Crippen LogP contribution in [0.3, 0.4) is 0 Å². The van der Waals surface area contributed by atoms with Gasteiger partial charge in [0, 0.05) is 24.4 Å². The topological polar surface area (TPSA) is 69.0 Å². The number of nitrogens with one attached hydrogen (secondary N) is 1. The van der Waals surface area contributed by atoms with E-state index in [0.717, 1.165) is 28.1 Å². The maximum Gasteiger partial charge on any atom is 0.277 e. The molecule has 6 nitrogen and oxygen atoms in total. The molecule has 1 amide bonds. The van der Waals surface area contributed by atoms with E-state index in [1.54, 1.807) is 10.9 Å². The molecule has 1 N–H and O–H groups in total. The van der Waals surface area contributed by atoms with Crippen molar-refractivity contribution in [3.63, 3.8) is 0 Å². The Morgan fingerprint density at radius 3 is 2.96 bits per heavy atom. The number of hydrogen-bond donors (Lipinski definition) is 1. The number of rotatable bonds is 2. The van der Waals surface area contributed by atoms with Gasteiger partial charge in [0.2, 0.25) is 0 Å². The Morgan fingerprint density at radius 2 is 2.12 bits per heavy atom. The number of pyridine rings is 1. The second-order valence-corrected chi connectivity index (χ2v) is 5.76. The van der Waals surface area contributed by atoms with Crippen LogP contribution in [0.1, 0.15) is 21.6 Å². The molecular formula is C18H16N4O2. The lowest BCUT2D eigenvalue weighted by atomic mass is 10.0. The van der Waals surface area contributed by atoms with Gasteiger partial charge in [-0.15, -0.1) is 0 Å². The number of carbonyl (C=O) groups excluding carboxylic acids is 1. The fourth-order valence-electron chi connectivity index (χ4n) is 2.94. The maximum absolute atomic E-state index is 12.6. The van der Waals surface area contributed by atoms with Crippen LogP contribution >= 0.6 is 0 Å². The van der Waals surface area contributed by atoms with Gasteiger partial charge in [-0.3, -0.25) is 9.48 Å². The van der Waals surface area contributed by atoms with Gasteiger partial charge in [-0.25, -0.2) is 4.98 Å². The van der Waals surface area contributed by atoms with E-state index in [0.29, 0.717) is 18.1 Å². The molecule has 24 heavy (non-hydrogen) atoms. The van der Waals surface area contributed by atoms with Gasteiger partial charge in [-0.05, 0) is 36.8 Å². The number of anilines is 1. The minimum atomic E-state index is -0.284. The number of amides is 1. The third-order valence-corrected chi connectivity index (χ3v) is 4.03. The Bertz CT molecular complexity index is 946. The average Bonchev–Trinajstić information content (AvgIpc) is 2.92. The molecule has 0 radical (unpaired) electrons. The van der Waals surface area contributed by atoms with Crippen LogP contribution in [0.25, 0.3) is 11.3 Å². The Morgan fingerprint density at radius 1 is 1.29 bits per heavy atom. The molecule has 0 saturated carbocycles. The van der Waals surface area contributed by atoms with Crippen molar-refractivity contribution in [3.8, 4) is 17.0 Å². The Balaban J connectivity index is 1.72. The van der Waals surface area contributed by atoms with E-state index in [-0.39, 0.29) is 5.91 Å². The number of carbonyl (C=O) groups is 1. The number of fused-ring (bicyclic) bond motifs is 3. The molecule has 1 aliphatic heterocycles. The summed E-state index contributed by atoms with van der Waals surface area (Å²) in [5, 5.41) is 7.21. The predicted octanol–water partition coefficient (Wildman–Crippen LogP) is 2.94. The quantitative estimate of drug-likeness (QED) is 0.788. The lowest BCUT2D eigenvalue weighted by Crippen LogP contribution is -2.17. The van der Waals surface area contributed by atoms with E-state index in [9.17, 15) is 4.79 Å². The fraction of sp³-hybridized carbons (Fsp3) is 0.167. The zero-order valence-corrected chi connectivity index (χ0v) is 13.4. The minimum absolute atomic E-state index is 0.284. The van der Waals surface area contributed by atoms with Gasteiger partial charge < -0.3 is 10.1 Å². The maximum atomic E-state index is 12.6. The summed E-state index contributed by atoms with van der Waals surface area (Å²) in [6.07, 6.45) is 1.66. The van der Waals surface area contributed by atoms with Crippen LogP contribution in [-0.4, -0.2) is 20.7 Å². The summed E-state index contributed by atoms with van der Waals surface area (Å²) in [6, 6.07) is 11.5. The van der Waals surface area contributed by atoms with Crippen molar-refractivity contribution in [1.29, 1.82) is 0 Å². The molecule has 0 aliphatic carbocycles. The van der Waals surface area contributed by atoms with E-state index in [2.05, 4.69) is 15.4 Å². The molecule has 0 unspecified atom stereocenters. The van der Waals surface area contributed by atoms with E-state index < -0.39 is 0 Å². The first-order valence-electron chi connectivity index (χ1n) is 7.65. The summed E-state index contributed by atoms with van der Waals surface area (Å²) >= 11 is 0. The van der Waals surface area contributed by atoms with Crippen molar-refractivity contribution in [2.24, 2.45) is 7.05 Å². The van der Waals surface area contributed by atoms with E-state index in [1.165, 1.54) is 0 Å².